The second-order valence-corrected chi connectivity index (χ2v) is 0.287. The summed E-state index contributed by atoms with van der Waals surface area (Å²) in [7, 11) is 1.26. The molecule has 0 aromatic rings. The van der Waals surface area contributed by atoms with Crippen LogP contribution in [0.1, 0.15) is 0 Å². The van der Waals surface area contributed by atoms with E-state index in [1.807, 2.05) is 0 Å². The first-order valence-corrected chi connectivity index (χ1v) is 0.816. The third-order valence-electron chi connectivity index (χ3n) is 0.0833. The van der Waals surface area contributed by atoms with Gasteiger partial charge in [0.1, 0.15) is 0 Å². The number of rotatable bonds is 1. The Morgan fingerprint density at radius 2 is 1.83 bits per heavy atom. The van der Waals surface area contributed by atoms with E-state index in [1.165, 1.54) is 13.6 Å². The van der Waals surface area contributed by atoms with Gasteiger partial charge in [-0.3, -0.25) is 0 Å². The number of carbonyl (C=O) groups excluding carboxylic acids is 1. The summed E-state index contributed by atoms with van der Waals surface area (Å²) in [6.07, 6.45) is 0. The molecule has 0 bridgehead atoms. The van der Waals surface area contributed by atoms with Gasteiger partial charge in [-0.25, -0.2) is 0 Å². The summed E-state index contributed by atoms with van der Waals surface area (Å²) in [5.41, 5.74) is 0. The van der Waals surface area contributed by atoms with Crippen molar-refractivity contribution >= 4 is 6.47 Å². The van der Waals surface area contributed by atoms with Gasteiger partial charge in [0.05, 0.1) is 0 Å². The molecule has 4 heteroatoms. The predicted octanol–water partition coefficient (Wildman–Crippen LogP) is 0.415. The molecular formula is C2H5NO2Y-2. The molecule has 0 unspecified atom stereocenters. The molecule has 0 fully saturated rings. The van der Waals surface area contributed by atoms with Crippen LogP contribution in [0.5, 0.6) is 0 Å². The third kappa shape index (κ3) is 24.1. The van der Waals surface area contributed by atoms with Gasteiger partial charge in [0, 0.05) is 39.8 Å². The topological polar surface area (TPSA) is 59.8 Å². The fraction of sp³-hybridized carbons (Fsp3) is 0.500. The molecule has 6 heavy (non-hydrogen) atoms. The normalized spacial score (nSPS) is 3.50. The molecule has 0 aliphatic rings. The van der Waals surface area contributed by atoms with E-state index in [0.717, 1.165) is 0 Å². The van der Waals surface area contributed by atoms with Gasteiger partial charge >= 0.3 is 0 Å². The Bertz CT molecular complexity index is 25.5. The molecule has 3 nitrogen and oxygen atoms in total. The summed E-state index contributed by atoms with van der Waals surface area (Å²) in [5, 5.41) is 0. The van der Waals surface area contributed by atoms with Gasteiger partial charge in [-0.15, -0.1) is 0 Å². The molecule has 0 amide bonds. The van der Waals surface area contributed by atoms with Crippen molar-refractivity contribution in [1.82, 2.24) is 0 Å². The molecule has 35 valence electrons. The summed E-state index contributed by atoms with van der Waals surface area (Å²) in [6, 6.07) is 0. The van der Waals surface area contributed by atoms with Crippen molar-refractivity contribution in [3.63, 3.8) is 0 Å². The van der Waals surface area contributed by atoms with Gasteiger partial charge in [-0.05, 0) is 0 Å². The summed E-state index contributed by atoms with van der Waals surface area (Å²) >= 11 is 0. The van der Waals surface area contributed by atoms with Crippen LogP contribution in [0.25, 0.3) is 6.15 Å². The average Bonchev–Trinajstić information content (AvgIpc) is 1.37. The smallest absolute Gasteiger partial charge is 0.0362 e. The van der Waals surface area contributed by atoms with E-state index in [9.17, 15) is 0 Å². The first-order valence-electron chi connectivity index (χ1n) is 0.816. The predicted molar refractivity (Wildman–Crippen MR) is 18.0 cm³/mol. The van der Waals surface area contributed by atoms with Crippen molar-refractivity contribution in [3.8, 4) is 0 Å². The third-order valence-corrected chi connectivity index (χ3v) is 0.0833. The van der Waals surface area contributed by atoms with Crippen molar-refractivity contribution in [1.29, 1.82) is 0 Å². The van der Waals surface area contributed by atoms with Gasteiger partial charge in [0.15, 0.2) is 0 Å². The minimum atomic E-state index is 0. The SMILES string of the molecule is CO[C-]=O.[NH2-].[Y]. The van der Waals surface area contributed by atoms with Crippen LogP contribution in [0.3, 0.4) is 0 Å². The number of hydrogen-bond acceptors (Lipinski definition) is 2. The Morgan fingerprint density at radius 3 is 1.83 bits per heavy atom. The van der Waals surface area contributed by atoms with Gasteiger partial charge in [0.25, 0.3) is 0 Å². The van der Waals surface area contributed by atoms with E-state index in [0.29, 0.717) is 0 Å². The average molecular weight is 164 g/mol. The van der Waals surface area contributed by atoms with E-state index >= 15 is 0 Å². The summed E-state index contributed by atoms with van der Waals surface area (Å²) in [6.45, 7) is 1.18. The largest absolute Gasteiger partial charge is 0.693 e. The van der Waals surface area contributed by atoms with Crippen molar-refractivity contribution < 1.29 is 42.2 Å². The first-order chi connectivity index (χ1) is 1.91. The number of methoxy groups -OCH3 is 1. The van der Waals surface area contributed by atoms with Crippen LogP contribution >= 0.6 is 0 Å². The molecule has 2 N–H and O–H groups in total. The van der Waals surface area contributed by atoms with Crippen LogP contribution < -0.4 is 0 Å². The maximum absolute atomic E-state index is 8.83. The maximum Gasteiger partial charge on any atom is 0.0362 e. The molecule has 1 radical (unpaired) electrons. The van der Waals surface area contributed by atoms with Gasteiger partial charge < -0.3 is 15.7 Å². The second-order valence-electron chi connectivity index (χ2n) is 0.287. The molecule has 0 aliphatic carbocycles. The minimum Gasteiger partial charge on any atom is -0.693 e. The maximum atomic E-state index is 8.83. The number of ether oxygens (including phenoxy) is 1. The number of nitrogens with two attached hydrogens (primary N) is 1. The minimum absolute atomic E-state index is 0. The van der Waals surface area contributed by atoms with Gasteiger partial charge in [-0.1, -0.05) is 6.47 Å². The van der Waals surface area contributed by atoms with Crippen molar-refractivity contribution in [3.05, 3.63) is 6.15 Å². The zero-order chi connectivity index (χ0) is 3.41. The zero-order valence-corrected chi connectivity index (χ0v) is 6.31. The van der Waals surface area contributed by atoms with Crippen LogP contribution in [0, 0.1) is 0 Å². The summed E-state index contributed by atoms with van der Waals surface area (Å²) in [4.78, 5) is 8.83. The quantitative estimate of drug-likeness (QED) is 0.527. The van der Waals surface area contributed by atoms with Crippen LogP contribution in [-0.4, -0.2) is 13.6 Å². The van der Waals surface area contributed by atoms with Gasteiger partial charge in [0.2, 0.25) is 0 Å². The Kier molecular flexibility index (Phi) is 47.3. The molecule has 0 saturated heterocycles. The van der Waals surface area contributed by atoms with Crippen molar-refractivity contribution in [2.24, 2.45) is 0 Å². The Labute approximate surface area is 61.9 Å². The molecule has 0 aromatic carbocycles. The standard InChI is InChI=1S/C2H3O2.H2N.Y/c1-4-2-3;;/h1H3;1H2;/q2*-1;. The Morgan fingerprint density at radius 1 is 1.67 bits per heavy atom. The fourth-order valence-electron chi connectivity index (χ4n) is 0. The van der Waals surface area contributed by atoms with E-state index in [2.05, 4.69) is 4.74 Å². The van der Waals surface area contributed by atoms with E-state index in [1.54, 1.807) is 0 Å². The van der Waals surface area contributed by atoms with Crippen molar-refractivity contribution in [2.75, 3.05) is 7.11 Å². The molecular weight excluding hydrogens is 159 g/mol. The van der Waals surface area contributed by atoms with E-state index in [4.69, 9.17) is 4.79 Å². The summed E-state index contributed by atoms with van der Waals surface area (Å²) < 4.78 is 3.74. The molecule has 0 heterocycles. The van der Waals surface area contributed by atoms with Crippen LogP contribution in [-0.2, 0) is 42.2 Å². The van der Waals surface area contributed by atoms with Crippen molar-refractivity contribution in [2.45, 2.75) is 0 Å². The first kappa shape index (κ1) is 16.0. The Hall–Kier alpha value is 0.534. The molecule has 0 spiro atoms. The van der Waals surface area contributed by atoms with Gasteiger partial charge in [-0.2, -0.15) is 0 Å². The fourth-order valence-corrected chi connectivity index (χ4v) is 0. The van der Waals surface area contributed by atoms with Crippen LogP contribution in [0.4, 0.5) is 0 Å². The van der Waals surface area contributed by atoms with Crippen LogP contribution in [0.15, 0.2) is 0 Å². The summed E-state index contributed by atoms with van der Waals surface area (Å²) in [5.74, 6) is 0. The van der Waals surface area contributed by atoms with E-state index < -0.39 is 0 Å². The molecule has 0 rings (SSSR count). The monoisotopic (exact) mass is 164 g/mol. The molecule has 0 aliphatic heterocycles. The number of hydrogen-bond donors (Lipinski definition) is 0. The Balaban J connectivity index is -0.0000000450. The van der Waals surface area contributed by atoms with Crippen LogP contribution in [0.2, 0.25) is 0 Å². The van der Waals surface area contributed by atoms with E-state index in [-0.39, 0.29) is 38.9 Å². The molecule has 0 saturated carbocycles. The zero-order valence-electron chi connectivity index (χ0n) is 3.47. The molecule has 0 aromatic heterocycles. The molecule has 0 atom stereocenters. The second kappa shape index (κ2) is 17.7.